The summed E-state index contributed by atoms with van der Waals surface area (Å²) in [7, 11) is 0. The second-order valence-electron chi connectivity index (χ2n) is 3.72. The Labute approximate surface area is 99.1 Å². The number of aromatic nitrogens is 1. The molecule has 1 aromatic rings. The molecule has 2 rings (SSSR count). The molecule has 86 valence electrons. The van der Waals surface area contributed by atoms with Gasteiger partial charge in [-0.05, 0) is 18.6 Å². The van der Waals surface area contributed by atoms with Gasteiger partial charge in [-0.25, -0.2) is 0 Å². The van der Waals surface area contributed by atoms with Gasteiger partial charge in [-0.15, -0.1) is 0 Å². The molecule has 0 unspecified atom stereocenters. The van der Waals surface area contributed by atoms with Gasteiger partial charge in [-0.1, -0.05) is 12.1 Å². The van der Waals surface area contributed by atoms with Crippen LogP contribution in [-0.2, 0) is 4.79 Å². The third kappa shape index (κ3) is 2.93. The van der Waals surface area contributed by atoms with E-state index < -0.39 is 0 Å². The van der Waals surface area contributed by atoms with Gasteiger partial charge in [0.2, 0.25) is 0 Å². The zero-order valence-electron chi connectivity index (χ0n) is 9.30. The topological polar surface area (TPSA) is 59.4 Å². The van der Waals surface area contributed by atoms with E-state index in [0.29, 0.717) is 17.8 Å². The number of Topliss-reactive ketones (excluding diaryl/α,β-unsaturated/α-hetero) is 2. The maximum absolute atomic E-state index is 11.8. The van der Waals surface area contributed by atoms with Gasteiger partial charge in [0, 0.05) is 24.5 Å². The summed E-state index contributed by atoms with van der Waals surface area (Å²) >= 11 is 0. The lowest BCUT2D eigenvalue weighted by Crippen LogP contribution is -2.13. The first kappa shape index (κ1) is 11.4. The Morgan fingerprint density at radius 1 is 1.24 bits per heavy atom. The number of pyridine rings is 1. The summed E-state index contributed by atoms with van der Waals surface area (Å²) in [6.45, 7) is 0.713. The molecule has 0 saturated heterocycles. The van der Waals surface area contributed by atoms with Crippen molar-refractivity contribution in [2.75, 3.05) is 6.54 Å². The minimum atomic E-state index is -0.254. The molecule has 4 heteroatoms. The van der Waals surface area contributed by atoms with E-state index in [4.69, 9.17) is 0 Å². The Morgan fingerprint density at radius 2 is 2.12 bits per heavy atom. The maximum Gasteiger partial charge on any atom is 0.188 e. The number of ketones is 2. The molecule has 2 heterocycles. The van der Waals surface area contributed by atoms with Crippen LogP contribution in [0.1, 0.15) is 23.3 Å². The second kappa shape index (κ2) is 5.30. The van der Waals surface area contributed by atoms with Crippen molar-refractivity contribution in [1.29, 1.82) is 0 Å². The molecular formula is C13H12N2O2. The number of aliphatic imine (C=N–C) groups is 1. The fourth-order valence-corrected chi connectivity index (χ4v) is 1.56. The van der Waals surface area contributed by atoms with Crippen LogP contribution >= 0.6 is 0 Å². The molecule has 4 nitrogen and oxygen atoms in total. The third-order valence-corrected chi connectivity index (χ3v) is 2.45. The molecule has 17 heavy (non-hydrogen) atoms. The van der Waals surface area contributed by atoms with Crippen LogP contribution in [0.3, 0.4) is 0 Å². The first-order chi connectivity index (χ1) is 8.27. The molecule has 1 aromatic heterocycles. The van der Waals surface area contributed by atoms with Crippen molar-refractivity contribution in [3.05, 3.63) is 41.7 Å². The summed E-state index contributed by atoms with van der Waals surface area (Å²) in [4.78, 5) is 31.5. The maximum atomic E-state index is 11.8. The molecule has 0 atom stereocenters. The normalized spacial score (nSPS) is 14.2. The van der Waals surface area contributed by atoms with Crippen LogP contribution in [0.4, 0.5) is 0 Å². The lowest BCUT2D eigenvalue weighted by Gasteiger charge is -2.04. The third-order valence-electron chi connectivity index (χ3n) is 2.45. The van der Waals surface area contributed by atoms with Gasteiger partial charge >= 0.3 is 0 Å². The van der Waals surface area contributed by atoms with Crippen molar-refractivity contribution < 1.29 is 9.59 Å². The summed E-state index contributed by atoms with van der Waals surface area (Å²) in [5.74, 6) is -0.445. The lowest BCUT2D eigenvalue weighted by atomic mass is 10.0. The second-order valence-corrected chi connectivity index (χ2v) is 3.72. The number of dihydropyridines is 1. The zero-order valence-corrected chi connectivity index (χ0v) is 9.30. The number of rotatable bonds is 4. The fourth-order valence-electron chi connectivity index (χ4n) is 1.56. The van der Waals surface area contributed by atoms with Gasteiger partial charge in [-0.3, -0.25) is 19.6 Å². The molecular weight excluding hydrogens is 216 g/mol. The van der Waals surface area contributed by atoms with Crippen LogP contribution in [0.5, 0.6) is 0 Å². The van der Waals surface area contributed by atoms with Crippen LogP contribution in [-0.4, -0.2) is 29.3 Å². The summed E-state index contributed by atoms with van der Waals surface area (Å²) in [5.41, 5.74) is 0.856. The molecule has 0 N–H and O–H groups in total. The molecule has 0 radical (unpaired) electrons. The van der Waals surface area contributed by atoms with E-state index in [-0.39, 0.29) is 18.0 Å². The minimum absolute atomic E-state index is 0.144. The van der Waals surface area contributed by atoms with Crippen molar-refractivity contribution in [3.63, 3.8) is 0 Å². The van der Waals surface area contributed by atoms with Crippen molar-refractivity contribution >= 4 is 17.8 Å². The molecule has 0 bridgehead atoms. The van der Waals surface area contributed by atoms with Crippen LogP contribution < -0.4 is 0 Å². The quantitative estimate of drug-likeness (QED) is 0.581. The largest absolute Gasteiger partial charge is 0.294 e. The Bertz CT molecular complexity index is 489. The van der Waals surface area contributed by atoms with Crippen molar-refractivity contribution in [1.82, 2.24) is 4.98 Å². The van der Waals surface area contributed by atoms with E-state index in [9.17, 15) is 9.59 Å². The SMILES string of the molecule is O=C(CC(=O)c1ccccn1)C1=CCCN=C1. The number of nitrogens with zero attached hydrogens (tertiary/aromatic N) is 2. The predicted octanol–water partition coefficient (Wildman–Crippen LogP) is 1.62. The highest BCUT2D eigenvalue weighted by molar-refractivity contribution is 6.21. The van der Waals surface area contributed by atoms with Crippen LogP contribution in [0.2, 0.25) is 0 Å². The first-order valence-electron chi connectivity index (χ1n) is 5.45. The molecule has 0 spiro atoms. The van der Waals surface area contributed by atoms with E-state index in [1.807, 2.05) is 6.08 Å². The Balaban J connectivity index is 2.02. The Kier molecular flexibility index (Phi) is 3.55. The summed E-state index contributed by atoms with van der Waals surface area (Å²) in [6, 6.07) is 5.07. The van der Waals surface area contributed by atoms with Crippen molar-refractivity contribution in [3.8, 4) is 0 Å². The smallest absolute Gasteiger partial charge is 0.188 e. The molecule has 1 aliphatic heterocycles. The zero-order chi connectivity index (χ0) is 12.1. The van der Waals surface area contributed by atoms with E-state index in [0.717, 1.165) is 6.42 Å². The number of hydrogen-bond donors (Lipinski definition) is 0. The highest BCUT2D eigenvalue weighted by atomic mass is 16.1. The lowest BCUT2D eigenvalue weighted by molar-refractivity contribution is -0.114. The van der Waals surface area contributed by atoms with Crippen molar-refractivity contribution in [2.45, 2.75) is 12.8 Å². The molecule has 0 saturated carbocycles. The average molecular weight is 228 g/mol. The van der Waals surface area contributed by atoms with Gasteiger partial charge in [0.25, 0.3) is 0 Å². The molecule has 0 aromatic carbocycles. The van der Waals surface area contributed by atoms with Gasteiger partial charge in [-0.2, -0.15) is 0 Å². The highest BCUT2D eigenvalue weighted by Crippen LogP contribution is 2.07. The Hall–Kier alpha value is -2.10. The van der Waals surface area contributed by atoms with E-state index in [1.54, 1.807) is 24.4 Å². The number of allylic oxidation sites excluding steroid dienone is 1. The van der Waals surface area contributed by atoms with Gasteiger partial charge in [0.1, 0.15) is 5.69 Å². The minimum Gasteiger partial charge on any atom is -0.294 e. The van der Waals surface area contributed by atoms with E-state index in [2.05, 4.69) is 9.98 Å². The predicted molar refractivity (Wildman–Crippen MR) is 64.3 cm³/mol. The molecule has 0 amide bonds. The number of carbonyl (C=O) groups excluding carboxylic acids is 2. The molecule has 0 aliphatic carbocycles. The van der Waals surface area contributed by atoms with Gasteiger partial charge in [0.15, 0.2) is 11.6 Å². The summed E-state index contributed by atoms with van der Waals surface area (Å²) in [5, 5.41) is 0. The standard InChI is InChI=1S/C13H12N2O2/c16-12(10-4-3-6-14-9-10)8-13(17)11-5-1-2-7-15-11/h1-2,4-5,7,9H,3,6,8H2. The fraction of sp³-hybridized carbons (Fsp3) is 0.231. The molecule has 0 fully saturated rings. The van der Waals surface area contributed by atoms with E-state index >= 15 is 0 Å². The number of carbonyl (C=O) groups is 2. The van der Waals surface area contributed by atoms with Gasteiger partial charge < -0.3 is 0 Å². The highest BCUT2D eigenvalue weighted by Gasteiger charge is 2.16. The average Bonchev–Trinajstić information content (AvgIpc) is 2.40. The van der Waals surface area contributed by atoms with E-state index in [1.165, 1.54) is 6.21 Å². The van der Waals surface area contributed by atoms with Crippen LogP contribution in [0, 0.1) is 0 Å². The molecule has 1 aliphatic rings. The summed E-state index contributed by atoms with van der Waals surface area (Å²) in [6.07, 6.45) is 5.52. The van der Waals surface area contributed by atoms with Crippen molar-refractivity contribution in [2.24, 2.45) is 4.99 Å². The van der Waals surface area contributed by atoms with Gasteiger partial charge in [0.05, 0.1) is 6.42 Å². The van der Waals surface area contributed by atoms with Crippen LogP contribution in [0.15, 0.2) is 41.0 Å². The Morgan fingerprint density at radius 3 is 2.76 bits per heavy atom. The number of hydrogen-bond acceptors (Lipinski definition) is 4. The first-order valence-corrected chi connectivity index (χ1v) is 5.45. The van der Waals surface area contributed by atoms with Crippen LogP contribution in [0.25, 0.3) is 0 Å². The summed E-state index contributed by atoms with van der Waals surface area (Å²) < 4.78 is 0. The monoisotopic (exact) mass is 228 g/mol.